The van der Waals surface area contributed by atoms with Crippen LogP contribution in [0.5, 0.6) is 0 Å². The molecule has 1 saturated heterocycles. The van der Waals surface area contributed by atoms with Crippen molar-refractivity contribution in [2.75, 3.05) is 6.54 Å². The van der Waals surface area contributed by atoms with E-state index < -0.39 is 23.8 Å². The molecule has 1 unspecified atom stereocenters. The molecule has 1 fully saturated rings. The van der Waals surface area contributed by atoms with Crippen LogP contribution >= 0.6 is 23.2 Å². The Morgan fingerprint density at radius 1 is 1.26 bits per heavy atom. The molecule has 5 nitrogen and oxygen atoms in total. The van der Waals surface area contributed by atoms with Crippen LogP contribution < -0.4 is 11.1 Å². The van der Waals surface area contributed by atoms with Crippen LogP contribution in [0, 0.1) is 5.82 Å². The van der Waals surface area contributed by atoms with Gasteiger partial charge in [0.1, 0.15) is 11.9 Å². The molecule has 140 valence electrons. The number of amides is 3. The van der Waals surface area contributed by atoms with Crippen molar-refractivity contribution >= 4 is 35.1 Å². The standard InChI is InChI=1S/C19H16Cl2FN3O2/c20-13-3-1-2-10-11(13)7-12(10)17(9-4-5-15(22)14(21)6-9)25-8-16(18(23)26)24-19(25)27/h1-6,12,16-17H,7-8H2,(H2,23,26)(H,24,27)/t12-,16?,17+/m1/s1. The highest BCUT2D eigenvalue weighted by Crippen LogP contribution is 2.49. The van der Waals surface area contributed by atoms with Gasteiger partial charge in [-0.15, -0.1) is 0 Å². The first-order chi connectivity index (χ1) is 12.9. The van der Waals surface area contributed by atoms with Gasteiger partial charge in [0.15, 0.2) is 0 Å². The zero-order valence-corrected chi connectivity index (χ0v) is 15.6. The largest absolute Gasteiger partial charge is 0.368 e. The Kier molecular flexibility index (Phi) is 4.48. The molecule has 1 aliphatic carbocycles. The second-order valence-electron chi connectivity index (χ2n) is 6.79. The average Bonchev–Trinajstić information content (AvgIpc) is 2.98. The third-order valence-electron chi connectivity index (χ3n) is 5.26. The van der Waals surface area contributed by atoms with Gasteiger partial charge in [0.25, 0.3) is 0 Å². The number of benzene rings is 2. The fourth-order valence-corrected chi connectivity index (χ4v) is 4.35. The third kappa shape index (κ3) is 3.03. The number of fused-ring (bicyclic) bond motifs is 1. The lowest BCUT2D eigenvalue weighted by atomic mass is 9.71. The van der Waals surface area contributed by atoms with Gasteiger partial charge in [-0.2, -0.15) is 0 Å². The maximum atomic E-state index is 13.7. The van der Waals surface area contributed by atoms with Crippen LogP contribution in [0.1, 0.15) is 28.7 Å². The van der Waals surface area contributed by atoms with Crippen LogP contribution in [0.4, 0.5) is 9.18 Å². The molecular formula is C19H16Cl2FN3O2. The number of urea groups is 1. The number of carbonyl (C=O) groups is 2. The topological polar surface area (TPSA) is 75.4 Å². The van der Waals surface area contributed by atoms with E-state index in [4.69, 9.17) is 28.9 Å². The fraction of sp³-hybridized carbons (Fsp3) is 0.263. The van der Waals surface area contributed by atoms with Crippen molar-refractivity contribution < 1.29 is 14.0 Å². The monoisotopic (exact) mass is 407 g/mol. The van der Waals surface area contributed by atoms with E-state index in [1.54, 1.807) is 11.0 Å². The molecule has 0 saturated carbocycles. The van der Waals surface area contributed by atoms with Crippen molar-refractivity contribution in [3.05, 3.63) is 69.0 Å². The summed E-state index contributed by atoms with van der Waals surface area (Å²) in [5.74, 6) is -1.17. The zero-order valence-electron chi connectivity index (χ0n) is 14.1. The third-order valence-corrected chi connectivity index (χ3v) is 5.91. The molecule has 0 bridgehead atoms. The number of rotatable bonds is 4. The summed E-state index contributed by atoms with van der Waals surface area (Å²) in [5.41, 5.74) is 8.11. The number of halogens is 3. The molecule has 0 spiro atoms. The zero-order chi connectivity index (χ0) is 19.3. The van der Waals surface area contributed by atoms with Gasteiger partial charge in [-0.25, -0.2) is 9.18 Å². The normalized spacial score (nSPS) is 22.0. The first kappa shape index (κ1) is 18.1. The summed E-state index contributed by atoms with van der Waals surface area (Å²) in [7, 11) is 0. The number of nitrogens with zero attached hydrogens (tertiary/aromatic N) is 1. The molecule has 2 aromatic carbocycles. The van der Waals surface area contributed by atoms with Gasteiger partial charge in [-0.05, 0) is 41.3 Å². The molecule has 3 atom stereocenters. The van der Waals surface area contributed by atoms with Gasteiger partial charge < -0.3 is 16.0 Å². The van der Waals surface area contributed by atoms with E-state index in [0.717, 1.165) is 11.1 Å². The highest BCUT2D eigenvalue weighted by atomic mass is 35.5. The predicted molar refractivity (Wildman–Crippen MR) is 100 cm³/mol. The van der Waals surface area contributed by atoms with Gasteiger partial charge in [0.05, 0.1) is 17.6 Å². The number of hydrogen-bond acceptors (Lipinski definition) is 2. The van der Waals surface area contributed by atoms with Crippen LogP contribution in [0.15, 0.2) is 36.4 Å². The van der Waals surface area contributed by atoms with Crippen LogP contribution in [0.25, 0.3) is 0 Å². The van der Waals surface area contributed by atoms with Crippen LogP contribution in [0.2, 0.25) is 10.0 Å². The Labute approximate surface area is 165 Å². The van der Waals surface area contributed by atoms with Crippen LogP contribution in [-0.2, 0) is 11.2 Å². The van der Waals surface area contributed by atoms with Crippen molar-refractivity contribution in [3.8, 4) is 0 Å². The number of hydrogen-bond donors (Lipinski definition) is 2. The Morgan fingerprint density at radius 3 is 2.70 bits per heavy atom. The minimum Gasteiger partial charge on any atom is -0.368 e. The van der Waals surface area contributed by atoms with E-state index in [2.05, 4.69) is 5.32 Å². The van der Waals surface area contributed by atoms with E-state index in [0.29, 0.717) is 17.0 Å². The Hall–Kier alpha value is -2.31. The maximum Gasteiger partial charge on any atom is 0.318 e. The molecule has 2 aromatic rings. The minimum absolute atomic E-state index is 0.0193. The van der Waals surface area contributed by atoms with Crippen molar-refractivity contribution in [1.82, 2.24) is 10.2 Å². The number of nitrogens with two attached hydrogens (primary N) is 1. The van der Waals surface area contributed by atoms with Gasteiger partial charge in [0, 0.05) is 10.9 Å². The van der Waals surface area contributed by atoms with Crippen molar-refractivity contribution in [1.29, 1.82) is 0 Å². The van der Waals surface area contributed by atoms with Crippen molar-refractivity contribution in [3.63, 3.8) is 0 Å². The van der Waals surface area contributed by atoms with Crippen LogP contribution in [-0.4, -0.2) is 29.4 Å². The lowest BCUT2D eigenvalue weighted by Crippen LogP contribution is -2.39. The molecule has 1 aliphatic heterocycles. The van der Waals surface area contributed by atoms with Gasteiger partial charge in [-0.3, -0.25) is 4.79 Å². The predicted octanol–water partition coefficient (Wildman–Crippen LogP) is 3.39. The minimum atomic E-state index is -0.769. The second kappa shape index (κ2) is 6.69. The maximum absolute atomic E-state index is 13.7. The van der Waals surface area contributed by atoms with Crippen molar-refractivity contribution in [2.24, 2.45) is 5.73 Å². The molecule has 1 heterocycles. The molecule has 4 rings (SSSR count). The summed E-state index contributed by atoms with van der Waals surface area (Å²) >= 11 is 12.2. The Balaban J connectivity index is 1.76. The smallest absolute Gasteiger partial charge is 0.318 e. The molecule has 3 amide bonds. The molecule has 2 aliphatic rings. The summed E-state index contributed by atoms with van der Waals surface area (Å²) < 4.78 is 13.7. The summed E-state index contributed by atoms with van der Waals surface area (Å²) in [6.07, 6.45) is 0.666. The second-order valence-corrected chi connectivity index (χ2v) is 7.61. The van der Waals surface area contributed by atoms with E-state index >= 15 is 0 Å². The molecule has 0 radical (unpaired) electrons. The lowest BCUT2D eigenvalue weighted by molar-refractivity contribution is -0.119. The number of carbonyl (C=O) groups excluding carboxylic acids is 2. The summed E-state index contributed by atoms with van der Waals surface area (Å²) in [4.78, 5) is 25.7. The molecule has 0 aromatic heterocycles. The number of nitrogens with one attached hydrogen (secondary N) is 1. The van der Waals surface area contributed by atoms with E-state index in [1.807, 2.05) is 18.2 Å². The molecule has 27 heavy (non-hydrogen) atoms. The first-order valence-electron chi connectivity index (χ1n) is 8.45. The first-order valence-corrected chi connectivity index (χ1v) is 9.21. The van der Waals surface area contributed by atoms with E-state index in [-0.39, 0.29) is 23.5 Å². The Bertz CT molecular complexity index is 953. The summed E-state index contributed by atoms with van der Waals surface area (Å²) in [6, 6.07) is 8.49. The van der Waals surface area contributed by atoms with Crippen molar-refractivity contribution in [2.45, 2.75) is 24.4 Å². The summed E-state index contributed by atoms with van der Waals surface area (Å²) in [6.45, 7) is 0.139. The molecule has 3 N–H and O–H groups in total. The molecule has 8 heteroatoms. The fourth-order valence-electron chi connectivity index (χ4n) is 3.90. The number of primary amides is 1. The highest BCUT2D eigenvalue weighted by Gasteiger charge is 2.44. The van der Waals surface area contributed by atoms with Gasteiger partial charge >= 0.3 is 6.03 Å². The lowest BCUT2D eigenvalue weighted by Gasteiger charge is -2.41. The quantitative estimate of drug-likeness (QED) is 0.814. The van der Waals surface area contributed by atoms with Gasteiger partial charge in [0.2, 0.25) is 5.91 Å². The Morgan fingerprint density at radius 2 is 2.04 bits per heavy atom. The van der Waals surface area contributed by atoms with E-state index in [1.165, 1.54) is 12.1 Å². The van der Waals surface area contributed by atoms with Crippen LogP contribution in [0.3, 0.4) is 0 Å². The SMILES string of the molecule is NC(=O)C1CN([C@@H](c2ccc(F)c(Cl)c2)[C@@H]2Cc3c(Cl)cccc32)C(=O)N1. The molecular weight excluding hydrogens is 392 g/mol. The highest BCUT2D eigenvalue weighted by molar-refractivity contribution is 6.31. The van der Waals surface area contributed by atoms with Gasteiger partial charge in [-0.1, -0.05) is 41.4 Å². The van der Waals surface area contributed by atoms with E-state index in [9.17, 15) is 14.0 Å². The summed E-state index contributed by atoms with van der Waals surface area (Å²) in [5, 5.41) is 3.26. The average molecular weight is 408 g/mol.